The molecule has 5 heteroatoms. The Balaban J connectivity index is 0.00000361. The molecule has 20 heavy (non-hydrogen) atoms. The lowest BCUT2D eigenvalue weighted by atomic mass is 10.1. The molecule has 0 heterocycles. The Morgan fingerprint density at radius 2 is 2.05 bits per heavy atom. The normalized spacial score (nSPS) is 11.4. The topological polar surface area (TPSA) is 50.4 Å². The maximum Gasteiger partial charge on any atom is 0.257 e. The first-order valence-corrected chi connectivity index (χ1v) is 6.73. The van der Waals surface area contributed by atoms with E-state index < -0.39 is 0 Å². The van der Waals surface area contributed by atoms with Crippen molar-refractivity contribution >= 4 is 18.3 Å². The lowest BCUT2D eigenvalue weighted by Gasteiger charge is -2.14. The summed E-state index contributed by atoms with van der Waals surface area (Å²) < 4.78 is 5.54. The van der Waals surface area contributed by atoms with Crippen LogP contribution < -0.4 is 15.4 Å². The van der Waals surface area contributed by atoms with Crippen molar-refractivity contribution in [3.8, 4) is 5.75 Å². The van der Waals surface area contributed by atoms with E-state index in [0.717, 1.165) is 23.4 Å². The molecule has 114 valence electrons. The van der Waals surface area contributed by atoms with E-state index in [1.54, 1.807) is 0 Å². The lowest BCUT2D eigenvalue weighted by Crippen LogP contribution is -2.40. The molecule has 0 aliphatic carbocycles. The molecule has 0 fully saturated rings. The molecule has 1 atom stereocenters. The van der Waals surface area contributed by atoms with Crippen LogP contribution in [0.15, 0.2) is 18.2 Å². The van der Waals surface area contributed by atoms with Crippen LogP contribution in [0.5, 0.6) is 5.75 Å². The minimum absolute atomic E-state index is 0. The number of ether oxygens (including phenoxy) is 1. The fourth-order valence-electron chi connectivity index (χ4n) is 1.74. The van der Waals surface area contributed by atoms with Gasteiger partial charge in [0.25, 0.3) is 5.91 Å². The van der Waals surface area contributed by atoms with E-state index in [4.69, 9.17) is 4.74 Å². The van der Waals surface area contributed by atoms with Gasteiger partial charge in [0.1, 0.15) is 5.75 Å². The van der Waals surface area contributed by atoms with Crippen molar-refractivity contribution < 1.29 is 9.53 Å². The summed E-state index contributed by atoms with van der Waals surface area (Å²) in [5, 5.41) is 6.08. The fourth-order valence-corrected chi connectivity index (χ4v) is 1.74. The van der Waals surface area contributed by atoms with Gasteiger partial charge in [-0.25, -0.2) is 0 Å². The highest BCUT2D eigenvalue weighted by Gasteiger charge is 2.06. The standard InChI is InChI=1S/C15H24N2O2.ClH/c1-5-16-13(4)9-17-15(18)10-19-14-8-11(2)6-7-12(14)3;/h6-8,13,16H,5,9-10H2,1-4H3,(H,17,18);1H/t13-;/m1./s1. The smallest absolute Gasteiger partial charge is 0.257 e. The zero-order chi connectivity index (χ0) is 14.3. The number of benzene rings is 1. The van der Waals surface area contributed by atoms with Gasteiger partial charge in [0.05, 0.1) is 0 Å². The third kappa shape index (κ3) is 6.78. The zero-order valence-corrected chi connectivity index (χ0v) is 13.5. The average molecular weight is 301 g/mol. The van der Waals surface area contributed by atoms with E-state index >= 15 is 0 Å². The van der Waals surface area contributed by atoms with Crippen molar-refractivity contribution in [2.75, 3.05) is 19.7 Å². The van der Waals surface area contributed by atoms with Crippen LogP contribution in [0.1, 0.15) is 25.0 Å². The number of amides is 1. The molecule has 1 aromatic rings. The zero-order valence-electron chi connectivity index (χ0n) is 12.7. The average Bonchev–Trinajstić information content (AvgIpc) is 2.38. The van der Waals surface area contributed by atoms with Crippen LogP contribution in [0, 0.1) is 13.8 Å². The van der Waals surface area contributed by atoms with Crippen LogP contribution in [0.4, 0.5) is 0 Å². The molecule has 0 saturated heterocycles. The van der Waals surface area contributed by atoms with Crippen LogP contribution in [-0.4, -0.2) is 31.6 Å². The number of rotatable bonds is 7. The first kappa shape index (κ1) is 18.7. The molecule has 1 rings (SSSR count). The molecule has 0 aliphatic rings. The van der Waals surface area contributed by atoms with Crippen LogP contribution in [0.3, 0.4) is 0 Å². The molecule has 0 unspecified atom stereocenters. The van der Waals surface area contributed by atoms with Gasteiger partial charge in [-0.2, -0.15) is 0 Å². The van der Waals surface area contributed by atoms with E-state index in [1.807, 2.05) is 45.9 Å². The Bertz CT molecular complexity index is 424. The molecule has 0 saturated carbocycles. The second-order valence-electron chi connectivity index (χ2n) is 4.82. The summed E-state index contributed by atoms with van der Waals surface area (Å²) in [6.07, 6.45) is 0. The van der Waals surface area contributed by atoms with Crippen LogP contribution in [0.2, 0.25) is 0 Å². The number of carbonyl (C=O) groups is 1. The summed E-state index contributed by atoms with van der Waals surface area (Å²) in [4.78, 5) is 11.7. The number of likely N-dealkylation sites (N-methyl/N-ethyl adjacent to an activating group) is 1. The minimum atomic E-state index is -0.0920. The molecular formula is C15H25ClN2O2. The second-order valence-corrected chi connectivity index (χ2v) is 4.82. The van der Waals surface area contributed by atoms with Gasteiger partial charge in [0.15, 0.2) is 6.61 Å². The maximum absolute atomic E-state index is 11.7. The highest BCUT2D eigenvalue weighted by atomic mass is 35.5. The molecule has 2 N–H and O–H groups in total. The Morgan fingerprint density at radius 3 is 2.70 bits per heavy atom. The number of hydrogen-bond donors (Lipinski definition) is 2. The van der Waals surface area contributed by atoms with Gasteiger partial charge < -0.3 is 15.4 Å². The van der Waals surface area contributed by atoms with E-state index in [1.165, 1.54) is 0 Å². The fraction of sp³-hybridized carbons (Fsp3) is 0.533. The maximum atomic E-state index is 11.7. The van der Waals surface area contributed by atoms with Gasteiger partial charge in [-0.3, -0.25) is 4.79 Å². The Labute approximate surface area is 127 Å². The highest BCUT2D eigenvalue weighted by molar-refractivity contribution is 5.85. The lowest BCUT2D eigenvalue weighted by molar-refractivity contribution is -0.123. The summed E-state index contributed by atoms with van der Waals surface area (Å²) in [5.41, 5.74) is 2.17. The summed E-state index contributed by atoms with van der Waals surface area (Å²) in [5.74, 6) is 0.681. The molecule has 4 nitrogen and oxygen atoms in total. The van der Waals surface area contributed by atoms with E-state index in [9.17, 15) is 4.79 Å². The molecule has 0 spiro atoms. The van der Waals surface area contributed by atoms with Crippen molar-refractivity contribution in [2.24, 2.45) is 0 Å². The first-order chi connectivity index (χ1) is 9.02. The van der Waals surface area contributed by atoms with Crippen LogP contribution >= 0.6 is 12.4 Å². The quantitative estimate of drug-likeness (QED) is 0.812. The number of aryl methyl sites for hydroxylation is 2. The Morgan fingerprint density at radius 1 is 1.35 bits per heavy atom. The van der Waals surface area contributed by atoms with Crippen LogP contribution in [-0.2, 0) is 4.79 Å². The molecule has 0 radical (unpaired) electrons. The SMILES string of the molecule is CCN[C@H](C)CNC(=O)COc1cc(C)ccc1C.Cl. The third-order valence-electron chi connectivity index (χ3n) is 2.86. The summed E-state index contributed by atoms with van der Waals surface area (Å²) >= 11 is 0. The minimum Gasteiger partial charge on any atom is -0.483 e. The summed E-state index contributed by atoms with van der Waals surface area (Å²) in [6, 6.07) is 6.25. The van der Waals surface area contributed by atoms with E-state index in [0.29, 0.717) is 6.54 Å². The van der Waals surface area contributed by atoms with Crippen molar-refractivity contribution in [2.45, 2.75) is 33.7 Å². The van der Waals surface area contributed by atoms with Gasteiger partial charge in [-0.1, -0.05) is 19.1 Å². The van der Waals surface area contributed by atoms with Crippen molar-refractivity contribution in [3.05, 3.63) is 29.3 Å². The van der Waals surface area contributed by atoms with Gasteiger partial charge in [0, 0.05) is 12.6 Å². The van der Waals surface area contributed by atoms with Gasteiger partial charge in [-0.15, -0.1) is 12.4 Å². The number of halogens is 1. The first-order valence-electron chi connectivity index (χ1n) is 6.73. The largest absolute Gasteiger partial charge is 0.483 e. The van der Waals surface area contributed by atoms with Gasteiger partial charge in [-0.05, 0) is 44.5 Å². The van der Waals surface area contributed by atoms with E-state index in [2.05, 4.69) is 10.6 Å². The molecular weight excluding hydrogens is 276 g/mol. The molecule has 1 aromatic carbocycles. The second kappa shape index (κ2) is 9.61. The summed E-state index contributed by atoms with van der Waals surface area (Å²) in [7, 11) is 0. The molecule has 0 aliphatic heterocycles. The molecule has 0 aromatic heterocycles. The van der Waals surface area contributed by atoms with Crippen LogP contribution in [0.25, 0.3) is 0 Å². The Hall–Kier alpha value is -1.26. The predicted molar refractivity (Wildman–Crippen MR) is 84.8 cm³/mol. The van der Waals surface area contributed by atoms with Crippen molar-refractivity contribution in [1.29, 1.82) is 0 Å². The van der Waals surface area contributed by atoms with Crippen molar-refractivity contribution in [3.63, 3.8) is 0 Å². The number of nitrogens with one attached hydrogen (secondary N) is 2. The van der Waals surface area contributed by atoms with E-state index in [-0.39, 0.29) is 31.0 Å². The van der Waals surface area contributed by atoms with Gasteiger partial charge >= 0.3 is 0 Å². The number of carbonyl (C=O) groups excluding carboxylic acids is 1. The van der Waals surface area contributed by atoms with Crippen molar-refractivity contribution in [1.82, 2.24) is 10.6 Å². The van der Waals surface area contributed by atoms with Gasteiger partial charge in [0.2, 0.25) is 0 Å². The molecule has 0 bridgehead atoms. The highest BCUT2D eigenvalue weighted by Crippen LogP contribution is 2.18. The monoisotopic (exact) mass is 300 g/mol. The predicted octanol–water partition coefficient (Wildman–Crippen LogP) is 2.22. The Kier molecular flexibility index (Phi) is 9.01. The molecule has 1 amide bonds. The third-order valence-corrected chi connectivity index (χ3v) is 2.86. The summed E-state index contributed by atoms with van der Waals surface area (Å²) in [6.45, 7) is 9.63. The number of hydrogen-bond acceptors (Lipinski definition) is 3.